The number of fused-ring (bicyclic) bond motifs is 4. The average Bonchev–Trinajstić information content (AvgIpc) is 2.56. The molecule has 2 heterocycles. The molecule has 0 fully saturated rings. The van der Waals surface area contributed by atoms with Crippen molar-refractivity contribution in [3.63, 3.8) is 0 Å². The van der Waals surface area contributed by atoms with Crippen molar-refractivity contribution < 1.29 is 4.79 Å². The van der Waals surface area contributed by atoms with Crippen LogP contribution in [0.15, 0.2) is 24.4 Å². The monoisotopic (exact) mass is 307 g/mol. The lowest BCUT2D eigenvalue weighted by atomic mass is 9.82. The van der Waals surface area contributed by atoms with Crippen molar-refractivity contribution in [2.45, 2.75) is 25.7 Å². The van der Waals surface area contributed by atoms with Crippen molar-refractivity contribution >= 4 is 5.78 Å². The molecular weight excluding hydrogens is 286 g/mol. The minimum absolute atomic E-state index is 0.103. The molecule has 2 aliphatic rings. The number of carbonyl (C=O) groups is 1. The fraction of sp³-hybridized carbons (Fsp3) is 0.421. The molecule has 0 bridgehead atoms. The molecular formula is C19H21N3O. The van der Waals surface area contributed by atoms with E-state index in [9.17, 15) is 4.79 Å². The van der Waals surface area contributed by atoms with Gasteiger partial charge >= 0.3 is 0 Å². The number of nitrogens with zero attached hydrogens (tertiary/aromatic N) is 3. The first kappa shape index (κ1) is 14.5. The Bertz CT molecular complexity index is 782. The predicted octanol–water partition coefficient (Wildman–Crippen LogP) is 2.55. The molecule has 0 saturated carbocycles. The van der Waals surface area contributed by atoms with Crippen LogP contribution in [-0.2, 0) is 19.3 Å². The second-order valence-electron chi connectivity index (χ2n) is 6.86. The Balaban J connectivity index is 1.76. The maximum Gasteiger partial charge on any atom is 0.169 e. The van der Waals surface area contributed by atoms with E-state index in [1.807, 2.05) is 26.4 Å². The number of hydrogen-bond donors (Lipinski definition) is 0. The van der Waals surface area contributed by atoms with Crippen LogP contribution in [0.1, 0.15) is 33.6 Å². The number of ketones is 1. The number of aromatic nitrogens is 2. The number of carbonyl (C=O) groups excluding carboxylic acids is 1. The van der Waals surface area contributed by atoms with Crippen molar-refractivity contribution in [1.82, 2.24) is 14.9 Å². The summed E-state index contributed by atoms with van der Waals surface area (Å²) in [5, 5.41) is 0. The van der Waals surface area contributed by atoms with E-state index in [0.717, 1.165) is 54.9 Å². The number of hydrogen-bond acceptors (Lipinski definition) is 4. The minimum Gasteiger partial charge on any atom is -0.309 e. The Kier molecular flexibility index (Phi) is 3.49. The van der Waals surface area contributed by atoms with Crippen molar-refractivity contribution in [1.29, 1.82) is 0 Å². The van der Waals surface area contributed by atoms with E-state index in [4.69, 9.17) is 4.98 Å². The van der Waals surface area contributed by atoms with Gasteiger partial charge in [0.1, 0.15) is 0 Å². The predicted molar refractivity (Wildman–Crippen MR) is 89.6 cm³/mol. The first-order valence-corrected chi connectivity index (χ1v) is 8.29. The van der Waals surface area contributed by atoms with Gasteiger partial charge in [-0.05, 0) is 63.0 Å². The van der Waals surface area contributed by atoms with E-state index in [1.165, 1.54) is 11.1 Å². The summed E-state index contributed by atoms with van der Waals surface area (Å²) in [5.74, 6) is 0.369. The van der Waals surface area contributed by atoms with Crippen LogP contribution in [0.25, 0.3) is 11.4 Å². The van der Waals surface area contributed by atoms with Crippen LogP contribution >= 0.6 is 0 Å². The largest absolute Gasteiger partial charge is 0.309 e. The lowest BCUT2D eigenvalue weighted by Gasteiger charge is -2.27. The molecule has 0 spiro atoms. The molecule has 1 atom stereocenters. The third-order valence-electron chi connectivity index (χ3n) is 4.91. The van der Waals surface area contributed by atoms with E-state index in [-0.39, 0.29) is 11.7 Å². The van der Waals surface area contributed by atoms with Gasteiger partial charge in [0.05, 0.1) is 17.1 Å². The third kappa shape index (κ3) is 2.47. The first-order valence-electron chi connectivity index (χ1n) is 8.29. The van der Waals surface area contributed by atoms with Gasteiger partial charge in [-0.1, -0.05) is 6.07 Å². The highest BCUT2D eigenvalue weighted by Crippen LogP contribution is 2.34. The summed E-state index contributed by atoms with van der Waals surface area (Å²) < 4.78 is 0. The van der Waals surface area contributed by atoms with Crippen LogP contribution in [0.2, 0.25) is 0 Å². The van der Waals surface area contributed by atoms with Crippen LogP contribution < -0.4 is 0 Å². The fourth-order valence-electron chi connectivity index (χ4n) is 3.79. The van der Waals surface area contributed by atoms with E-state index < -0.39 is 0 Å². The zero-order valence-electron chi connectivity index (χ0n) is 13.7. The molecule has 4 nitrogen and oxygen atoms in total. The maximum absolute atomic E-state index is 12.8. The van der Waals surface area contributed by atoms with Gasteiger partial charge in [-0.2, -0.15) is 0 Å². The molecule has 0 radical (unpaired) electrons. The lowest BCUT2D eigenvalue weighted by molar-refractivity contribution is 0.0876. The van der Waals surface area contributed by atoms with E-state index in [1.54, 1.807) is 0 Å². The summed E-state index contributed by atoms with van der Waals surface area (Å²) in [4.78, 5) is 24.3. The minimum atomic E-state index is 0.103. The van der Waals surface area contributed by atoms with Crippen molar-refractivity contribution in [2.24, 2.45) is 5.92 Å². The Morgan fingerprint density at radius 2 is 2.00 bits per heavy atom. The summed E-state index contributed by atoms with van der Waals surface area (Å²) in [6.07, 6.45) is 5.53. The van der Waals surface area contributed by atoms with E-state index in [2.05, 4.69) is 22.0 Å². The molecule has 0 saturated heterocycles. The molecule has 2 aromatic heterocycles. The normalized spacial score (nSPS) is 19.3. The highest BCUT2D eigenvalue weighted by molar-refractivity contribution is 6.00. The van der Waals surface area contributed by atoms with Crippen molar-refractivity contribution in [3.05, 3.63) is 46.8 Å². The first-order chi connectivity index (χ1) is 11.1. The molecule has 1 unspecified atom stereocenters. The van der Waals surface area contributed by atoms with Gasteiger partial charge in [-0.15, -0.1) is 0 Å². The van der Waals surface area contributed by atoms with Gasteiger partial charge in [0, 0.05) is 24.2 Å². The highest BCUT2D eigenvalue weighted by atomic mass is 16.1. The summed E-state index contributed by atoms with van der Waals surface area (Å²) >= 11 is 0. The standard InChI is InChI=1S/C19H21N3O/c1-22(2)11-14-7-8-16-15(19(14)23)10-13-6-5-12-4-3-9-20-17(12)18(13)21-16/h3-4,9-10,14H,5-8,11H2,1-2H3. The van der Waals surface area contributed by atoms with E-state index >= 15 is 0 Å². The number of rotatable bonds is 2. The van der Waals surface area contributed by atoms with Crippen molar-refractivity contribution in [3.8, 4) is 11.4 Å². The Labute approximate surface area is 136 Å². The zero-order chi connectivity index (χ0) is 16.0. The molecule has 0 aromatic carbocycles. The van der Waals surface area contributed by atoms with Gasteiger partial charge < -0.3 is 4.90 Å². The molecule has 0 amide bonds. The molecule has 118 valence electrons. The second-order valence-corrected chi connectivity index (χ2v) is 6.86. The lowest BCUT2D eigenvalue weighted by Crippen LogP contribution is -2.32. The van der Waals surface area contributed by atoms with Crippen LogP contribution in [0.4, 0.5) is 0 Å². The Morgan fingerprint density at radius 1 is 1.17 bits per heavy atom. The highest BCUT2D eigenvalue weighted by Gasteiger charge is 2.31. The quantitative estimate of drug-likeness (QED) is 0.855. The fourth-order valence-corrected chi connectivity index (χ4v) is 3.79. The Hall–Kier alpha value is -2.07. The summed E-state index contributed by atoms with van der Waals surface area (Å²) in [6.45, 7) is 0.819. The summed E-state index contributed by atoms with van der Waals surface area (Å²) in [6, 6.07) is 6.21. The van der Waals surface area contributed by atoms with Crippen LogP contribution in [0.3, 0.4) is 0 Å². The molecule has 0 aliphatic heterocycles. The van der Waals surface area contributed by atoms with Gasteiger partial charge in [0.25, 0.3) is 0 Å². The third-order valence-corrected chi connectivity index (χ3v) is 4.91. The van der Waals surface area contributed by atoms with Crippen LogP contribution in [0.5, 0.6) is 0 Å². The van der Waals surface area contributed by atoms with E-state index in [0.29, 0.717) is 0 Å². The van der Waals surface area contributed by atoms with Crippen molar-refractivity contribution in [2.75, 3.05) is 20.6 Å². The number of pyridine rings is 2. The molecule has 23 heavy (non-hydrogen) atoms. The van der Waals surface area contributed by atoms with Crippen LogP contribution in [-0.4, -0.2) is 41.3 Å². The second kappa shape index (κ2) is 5.53. The van der Waals surface area contributed by atoms with Gasteiger partial charge in [-0.3, -0.25) is 14.8 Å². The Morgan fingerprint density at radius 3 is 2.83 bits per heavy atom. The number of aryl methyl sites for hydroxylation is 3. The maximum atomic E-state index is 12.8. The topological polar surface area (TPSA) is 46.1 Å². The van der Waals surface area contributed by atoms with Gasteiger partial charge in [-0.25, -0.2) is 0 Å². The molecule has 4 rings (SSSR count). The number of Topliss-reactive ketones (excluding diaryl/α,β-unsaturated/α-hetero) is 1. The molecule has 0 N–H and O–H groups in total. The average molecular weight is 307 g/mol. The zero-order valence-corrected chi connectivity index (χ0v) is 13.7. The van der Waals surface area contributed by atoms with Gasteiger partial charge in [0.15, 0.2) is 5.78 Å². The summed E-state index contributed by atoms with van der Waals surface area (Å²) in [5.41, 5.74) is 6.24. The van der Waals surface area contributed by atoms with Gasteiger partial charge in [0.2, 0.25) is 0 Å². The summed E-state index contributed by atoms with van der Waals surface area (Å²) in [7, 11) is 4.05. The smallest absolute Gasteiger partial charge is 0.169 e. The molecule has 2 aliphatic carbocycles. The molecule has 2 aromatic rings. The molecule has 4 heteroatoms. The SMILES string of the molecule is CN(C)CC1CCc2nc3c(cc2C1=O)CCc1cccnc1-3. The van der Waals surface area contributed by atoms with Crippen LogP contribution in [0, 0.1) is 5.92 Å².